The number of carboxylic acids is 1. The standard InChI is InChI=1S/C21H19FN2O5/c22-17-4-2-1-3-15(17)13-29-16-7-5-14(6-8-16)18-9-10-21(11-12-23,19(25)26)24(18)20(27)28/h1-8,18H,9-11,13H2,(H,25,26)(H,27,28)/t18-,21-/m1/s1. The number of rotatable bonds is 6. The number of carbonyl (C=O) groups is 2. The van der Waals surface area contributed by atoms with Gasteiger partial charge >= 0.3 is 12.1 Å². The molecule has 7 nitrogen and oxygen atoms in total. The van der Waals surface area contributed by atoms with Gasteiger partial charge in [0, 0.05) is 5.56 Å². The monoisotopic (exact) mass is 398 g/mol. The van der Waals surface area contributed by atoms with Crippen molar-refractivity contribution in [3.63, 3.8) is 0 Å². The Bertz CT molecular complexity index is 956. The Hall–Kier alpha value is -3.60. The molecule has 1 heterocycles. The smallest absolute Gasteiger partial charge is 0.408 e. The Morgan fingerprint density at radius 3 is 2.48 bits per heavy atom. The fourth-order valence-corrected chi connectivity index (χ4v) is 3.71. The summed E-state index contributed by atoms with van der Waals surface area (Å²) in [5.74, 6) is -1.22. The second-order valence-electron chi connectivity index (χ2n) is 6.83. The molecule has 29 heavy (non-hydrogen) atoms. The van der Waals surface area contributed by atoms with Gasteiger partial charge in [-0.1, -0.05) is 30.3 Å². The van der Waals surface area contributed by atoms with Crippen LogP contribution in [-0.2, 0) is 11.4 Å². The van der Waals surface area contributed by atoms with Crippen molar-refractivity contribution in [2.24, 2.45) is 0 Å². The fraction of sp³-hybridized carbons (Fsp3) is 0.286. The zero-order chi connectivity index (χ0) is 21.0. The van der Waals surface area contributed by atoms with Gasteiger partial charge in [0.25, 0.3) is 0 Å². The molecule has 2 aromatic rings. The summed E-state index contributed by atoms with van der Waals surface area (Å²) in [5, 5.41) is 28.3. The van der Waals surface area contributed by atoms with Crippen molar-refractivity contribution in [1.82, 2.24) is 4.90 Å². The van der Waals surface area contributed by atoms with E-state index in [0.29, 0.717) is 16.9 Å². The van der Waals surface area contributed by atoms with E-state index in [2.05, 4.69) is 0 Å². The third kappa shape index (κ3) is 3.85. The average Bonchev–Trinajstić information content (AvgIpc) is 3.09. The molecule has 0 aromatic heterocycles. The first kappa shape index (κ1) is 20.1. The van der Waals surface area contributed by atoms with E-state index in [1.54, 1.807) is 48.5 Å². The number of carboxylic acid groups (broad SMARTS) is 2. The summed E-state index contributed by atoms with van der Waals surface area (Å²) in [5.41, 5.74) is -0.746. The van der Waals surface area contributed by atoms with Gasteiger partial charge in [-0.05, 0) is 36.6 Å². The largest absolute Gasteiger partial charge is 0.489 e. The molecule has 3 rings (SSSR count). The van der Waals surface area contributed by atoms with Crippen LogP contribution in [0.4, 0.5) is 9.18 Å². The van der Waals surface area contributed by atoms with E-state index in [0.717, 1.165) is 4.90 Å². The van der Waals surface area contributed by atoms with E-state index >= 15 is 0 Å². The second-order valence-corrected chi connectivity index (χ2v) is 6.83. The van der Waals surface area contributed by atoms with Gasteiger partial charge < -0.3 is 14.9 Å². The third-order valence-electron chi connectivity index (χ3n) is 5.20. The van der Waals surface area contributed by atoms with Gasteiger partial charge in [0.15, 0.2) is 5.54 Å². The molecule has 1 saturated heterocycles. The van der Waals surface area contributed by atoms with Crippen LogP contribution in [0.3, 0.4) is 0 Å². The van der Waals surface area contributed by atoms with Crippen LogP contribution >= 0.6 is 0 Å². The van der Waals surface area contributed by atoms with Gasteiger partial charge in [0.2, 0.25) is 0 Å². The van der Waals surface area contributed by atoms with Crippen molar-refractivity contribution in [3.8, 4) is 11.8 Å². The number of benzene rings is 2. The number of ether oxygens (including phenoxy) is 1. The summed E-state index contributed by atoms with van der Waals surface area (Å²) in [6.07, 6.45) is -1.46. The maximum atomic E-state index is 13.7. The minimum atomic E-state index is -1.76. The molecular formula is C21H19FN2O5. The van der Waals surface area contributed by atoms with E-state index in [1.165, 1.54) is 6.07 Å². The summed E-state index contributed by atoms with van der Waals surface area (Å²) in [6, 6.07) is 13.9. The van der Waals surface area contributed by atoms with E-state index in [1.807, 2.05) is 0 Å². The summed E-state index contributed by atoms with van der Waals surface area (Å²) in [4.78, 5) is 24.5. The van der Waals surface area contributed by atoms with Crippen molar-refractivity contribution in [2.45, 2.75) is 37.5 Å². The van der Waals surface area contributed by atoms with E-state index in [4.69, 9.17) is 10.00 Å². The number of hydrogen-bond acceptors (Lipinski definition) is 4. The molecule has 0 unspecified atom stereocenters. The molecule has 0 saturated carbocycles. The number of aliphatic carboxylic acids is 1. The van der Waals surface area contributed by atoms with Crippen molar-refractivity contribution in [1.29, 1.82) is 5.26 Å². The van der Waals surface area contributed by atoms with E-state index in [9.17, 15) is 24.2 Å². The van der Waals surface area contributed by atoms with Crippen molar-refractivity contribution in [2.75, 3.05) is 0 Å². The molecule has 2 atom stereocenters. The number of nitrogens with zero attached hydrogens (tertiary/aromatic N) is 2. The first-order chi connectivity index (χ1) is 13.9. The maximum Gasteiger partial charge on any atom is 0.408 e. The van der Waals surface area contributed by atoms with Crippen LogP contribution in [0.25, 0.3) is 0 Å². The van der Waals surface area contributed by atoms with Crippen LogP contribution in [0.15, 0.2) is 48.5 Å². The molecule has 0 radical (unpaired) electrons. The Kier molecular flexibility index (Phi) is 5.69. The van der Waals surface area contributed by atoms with E-state index in [-0.39, 0.29) is 25.3 Å². The molecule has 2 aromatic carbocycles. The summed E-state index contributed by atoms with van der Waals surface area (Å²) in [6.45, 7) is 0.0427. The molecular weight excluding hydrogens is 379 g/mol. The summed E-state index contributed by atoms with van der Waals surface area (Å²) < 4.78 is 19.2. The first-order valence-electron chi connectivity index (χ1n) is 8.98. The molecule has 1 aliphatic heterocycles. The zero-order valence-electron chi connectivity index (χ0n) is 15.4. The highest BCUT2D eigenvalue weighted by molar-refractivity contribution is 5.85. The lowest BCUT2D eigenvalue weighted by molar-refractivity contribution is -0.149. The lowest BCUT2D eigenvalue weighted by Gasteiger charge is -2.34. The molecule has 2 N–H and O–H groups in total. The Labute approximate surface area is 166 Å². The lowest BCUT2D eigenvalue weighted by Crippen LogP contribution is -2.53. The molecule has 8 heteroatoms. The van der Waals surface area contributed by atoms with Gasteiger partial charge in [-0.2, -0.15) is 5.26 Å². The van der Waals surface area contributed by atoms with Gasteiger partial charge in [-0.3, -0.25) is 4.90 Å². The predicted molar refractivity (Wildman–Crippen MR) is 99.6 cm³/mol. The lowest BCUT2D eigenvalue weighted by atomic mass is 9.93. The Morgan fingerprint density at radius 1 is 1.21 bits per heavy atom. The van der Waals surface area contributed by atoms with Gasteiger partial charge in [-0.15, -0.1) is 0 Å². The summed E-state index contributed by atoms with van der Waals surface area (Å²) in [7, 11) is 0. The van der Waals surface area contributed by atoms with Gasteiger partial charge in [0.1, 0.15) is 18.2 Å². The Balaban J connectivity index is 1.78. The molecule has 1 aliphatic rings. The first-order valence-corrected chi connectivity index (χ1v) is 8.98. The summed E-state index contributed by atoms with van der Waals surface area (Å²) >= 11 is 0. The maximum absolute atomic E-state index is 13.7. The van der Waals surface area contributed by atoms with Crippen molar-refractivity contribution >= 4 is 12.1 Å². The number of likely N-dealkylation sites (tertiary alicyclic amines) is 1. The predicted octanol–water partition coefficient (Wildman–Crippen LogP) is 3.96. The van der Waals surface area contributed by atoms with Gasteiger partial charge in [-0.25, -0.2) is 14.0 Å². The van der Waals surface area contributed by atoms with Crippen LogP contribution in [0, 0.1) is 17.1 Å². The number of hydrogen-bond donors (Lipinski definition) is 2. The normalized spacial score (nSPS) is 20.8. The highest BCUT2D eigenvalue weighted by Gasteiger charge is 2.55. The minimum absolute atomic E-state index is 0.0427. The fourth-order valence-electron chi connectivity index (χ4n) is 3.71. The van der Waals surface area contributed by atoms with Gasteiger partial charge in [0.05, 0.1) is 18.5 Å². The molecule has 0 bridgehead atoms. The number of halogens is 1. The van der Waals surface area contributed by atoms with Crippen LogP contribution in [0.5, 0.6) is 5.75 Å². The molecule has 1 amide bonds. The number of nitriles is 1. The second kappa shape index (κ2) is 8.19. The highest BCUT2D eigenvalue weighted by atomic mass is 19.1. The molecule has 0 spiro atoms. The topological polar surface area (TPSA) is 111 Å². The van der Waals surface area contributed by atoms with Crippen molar-refractivity contribution < 1.29 is 28.9 Å². The molecule has 1 fully saturated rings. The quantitative estimate of drug-likeness (QED) is 0.762. The van der Waals surface area contributed by atoms with Crippen LogP contribution in [-0.4, -0.2) is 32.7 Å². The average molecular weight is 398 g/mol. The molecule has 150 valence electrons. The number of amides is 1. The van der Waals surface area contributed by atoms with E-state index < -0.39 is 30.1 Å². The third-order valence-corrected chi connectivity index (χ3v) is 5.20. The zero-order valence-corrected chi connectivity index (χ0v) is 15.4. The van der Waals surface area contributed by atoms with Crippen LogP contribution in [0.2, 0.25) is 0 Å². The Morgan fingerprint density at radius 2 is 1.90 bits per heavy atom. The van der Waals surface area contributed by atoms with Crippen molar-refractivity contribution in [3.05, 3.63) is 65.5 Å². The molecule has 0 aliphatic carbocycles. The highest BCUT2D eigenvalue weighted by Crippen LogP contribution is 2.45. The SMILES string of the molecule is N#CC[C@@]1(C(=O)O)CC[C@H](c2ccc(OCc3ccccc3F)cc2)N1C(=O)O. The minimum Gasteiger partial charge on any atom is -0.489 e. The van der Waals surface area contributed by atoms with Crippen LogP contribution in [0.1, 0.15) is 36.4 Å². The van der Waals surface area contributed by atoms with Crippen LogP contribution < -0.4 is 4.74 Å².